The number of allylic oxidation sites excluding steroid dienone is 1. The lowest BCUT2D eigenvalue weighted by atomic mass is 9.72. The molecule has 3 rings (SSSR count). The minimum Gasteiger partial charge on any atom is -0.478 e. The van der Waals surface area contributed by atoms with Gasteiger partial charge >= 0.3 is 5.97 Å². The van der Waals surface area contributed by atoms with Gasteiger partial charge in [0, 0.05) is 5.57 Å². The summed E-state index contributed by atoms with van der Waals surface area (Å²) in [6, 6.07) is 8.52. The van der Waals surface area contributed by atoms with Crippen LogP contribution in [0, 0.1) is 5.41 Å². The Kier molecular flexibility index (Phi) is 2.32. The zero-order chi connectivity index (χ0) is 11.9. The van der Waals surface area contributed by atoms with E-state index in [0.717, 1.165) is 32.1 Å². The first kappa shape index (κ1) is 10.6. The molecular weight excluding hydrogens is 212 g/mol. The number of carboxylic acids is 1. The second-order valence-corrected chi connectivity index (χ2v) is 5.37. The second-order valence-electron chi connectivity index (χ2n) is 5.37. The highest BCUT2D eigenvalue weighted by Gasteiger charge is 2.39. The summed E-state index contributed by atoms with van der Waals surface area (Å²) in [5.74, 6) is -0.736. The van der Waals surface area contributed by atoms with Crippen molar-refractivity contribution < 1.29 is 9.90 Å². The average Bonchev–Trinajstić information content (AvgIpc) is 2.66. The lowest BCUT2D eigenvalue weighted by molar-refractivity contribution is -0.133. The summed E-state index contributed by atoms with van der Waals surface area (Å²) in [6.45, 7) is 0. The van der Waals surface area contributed by atoms with Crippen molar-refractivity contribution in [3.8, 4) is 0 Å². The topological polar surface area (TPSA) is 37.3 Å². The zero-order valence-corrected chi connectivity index (χ0v) is 9.78. The maximum absolute atomic E-state index is 11.1. The maximum atomic E-state index is 11.1. The maximum Gasteiger partial charge on any atom is 0.331 e. The van der Waals surface area contributed by atoms with E-state index in [1.807, 2.05) is 6.08 Å². The Bertz CT molecular complexity index is 474. The molecule has 0 amide bonds. The van der Waals surface area contributed by atoms with Gasteiger partial charge in [0.05, 0.1) is 0 Å². The van der Waals surface area contributed by atoms with Crippen LogP contribution in [0.2, 0.25) is 0 Å². The van der Waals surface area contributed by atoms with E-state index in [4.69, 9.17) is 5.11 Å². The van der Waals surface area contributed by atoms with Crippen LogP contribution < -0.4 is 0 Å². The number of aliphatic carboxylic acids is 1. The number of benzene rings is 1. The van der Waals surface area contributed by atoms with Gasteiger partial charge in [-0.15, -0.1) is 0 Å². The Balaban J connectivity index is 1.88. The molecule has 2 heteroatoms. The third kappa shape index (κ3) is 1.78. The molecule has 0 atom stereocenters. The summed E-state index contributed by atoms with van der Waals surface area (Å²) in [4.78, 5) is 11.1. The first-order chi connectivity index (χ1) is 8.19. The summed E-state index contributed by atoms with van der Waals surface area (Å²) in [6.07, 6.45) is 6.77. The van der Waals surface area contributed by atoms with Gasteiger partial charge in [-0.1, -0.05) is 30.3 Å². The van der Waals surface area contributed by atoms with Crippen molar-refractivity contribution in [1.29, 1.82) is 0 Å². The number of rotatable bonds is 1. The molecule has 0 saturated carbocycles. The number of fused-ring (bicyclic) bond motifs is 1. The highest BCUT2D eigenvalue weighted by atomic mass is 16.4. The van der Waals surface area contributed by atoms with Crippen LogP contribution in [0.1, 0.15) is 30.4 Å². The van der Waals surface area contributed by atoms with E-state index in [9.17, 15) is 4.79 Å². The fraction of sp³-hybridized carbons (Fsp3) is 0.400. The molecule has 0 aliphatic heterocycles. The second kappa shape index (κ2) is 3.73. The first-order valence-corrected chi connectivity index (χ1v) is 6.18. The van der Waals surface area contributed by atoms with Crippen molar-refractivity contribution in [1.82, 2.24) is 0 Å². The highest BCUT2D eigenvalue weighted by Crippen LogP contribution is 2.47. The summed E-state index contributed by atoms with van der Waals surface area (Å²) in [5, 5.41) is 9.13. The van der Waals surface area contributed by atoms with E-state index < -0.39 is 5.97 Å². The minimum absolute atomic E-state index is 0.187. The third-order valence-electron chi connectivity index (χ3n) is 4.15. The molecule has 0 aromatic heterocycles. The van der Waals surface area contributed by atoms with Gasteiger partial charge in [0.25, 0.3) is 0 Å². The van der Waals surface area contributed by atoms with Gasteiger partial charge in [-0.05, 0) is 48.6 Å². The summed E-state index contributed by atoms with van der Waals surface area (Å²) in [5.41, 5.74) is 3.63. The number of carboxylic acid groups (broad SMARTS) is 1. The predicted molar refractivity (Wildman–Crippen MR) is 65.9 cm³/mol. The van der Waals surface area contributed by atoms with E-state index in [1.165, 1.54) is 11.1 Å². The molecule has 0 heterocycles. The number of hydrogen-bond acceptors (Lipinski definition) is 1. The van der Waals surface area contributed by atoms with Gasteiger partial charge in [-0.25, -0.2) is 4.79 Å². The standard InChI is InChI=1S/C15H16O2/c16-14(17)13-6-3-7-15(10-13)8-11-4-1-2-5-12(11)9-15/h1-2,4-6H,3,7-10H2,(H,16,17). The summed E-state index contributed by atoms with van der Waals surface area (Å²) < 4.78 is 0. The van der Waals surface area contributed by atoms with E-state index in [0.29, 0.717) is 5.57 Å². The van der Waals surface area contributed by atoms with Gasteiger partial charge in [-0.3, -0.25) is 0 Å². The van der Waals surface area contributed by atoms with Gasteiger partial charge in [0.1, 0.15) is 0 Å². The molecule has 2 aliphatic carbocycles. The van der Waals surface area contributed by atoms with Crippen LogP contribution in [0.25, 0.3) is 0 Å². The Hall–Kier alpha value is -1.57. The van der Waals surface area contributed by atoms with E-state index in [2.05, 4.69) is 24.3 Å². The van der Waals surface area contributed by atoms with E-state index >= 15 is 0 Å². The van der Waals surface area contributed by atoms with Crippen molar-refractivity contribution >= 4 is 5.97 Å². The van der Waals surface area contributed by atoms with E-state index in [-0.39, 0.29) is 5.41 Å². The largest absolute Gasteiger partial charge is 0.478 e. The van der Waals surface area contributed by atoms with Crippen LogP contribution in [-0.2, 0) is 17.6 Å². The van der Waals surface area contributed by atoms with Crippen LogP contribution >= 0.6 is 0 Å². The fourth-order valence-electron chi connectivity index (χ4n) is 3.35. The van der Waals surface area contributed by atoms with Crippen LogP contribution in [0.15, 0.2) is 35.9 Å². The molecule has 0 unspecified atom stereocenters. The summed E-state index contributed by atoms with van der Waals surface area (Å²) >= 11 is 0. The van der Waals surface area contributed by atoms with Gasteiger partial charge in [-0.2, -0.15) is 0 Å². The van der Waals surface area contributed by atoms with Crippen LogP contribution in [0.4, 0.5) is 0 Å². The zero-order valence-electron chi connectivity index (χ0n) is 9.78. The first-order valence-electron chi connectivity index (χ1n) is 6.18. The minimum atomic E-state index is -0.736. The van der Waals surface area contributed by atoms with Crippen molar-refractivity contribution in [2.45, 2.75) is 32.1 Å². The van der Waals surface area contributed by atoms with Gasteiger partial charge in [0.15, 0.2) is 0 Å². The quantitative estimate of drug-likeness (QED) is 0.802. The van der Waals surface area contributed by atoms with Crippen molar-refractivity contribution in [3.63, 3.8) is 0 Å². The van der Waals surface area contributed by atoms with Crippen LogP contribution in [-0.4, -0.2) is 11.1 Å². The normalized spacial score (nSPS) is 21.1. The summed E-state index contributed by atoms with van der Waals surface area (Å²) in [7, 11) is 0. The fourth-order valence-corrected chi connectivity index (χ4v) is 3.35. The average molecular weight is 228 g/mol. The van der Waals surface area contributed by atoms with Crippen molar-refractivity contribution in [2.24, 2.45) is 5.41 Å². The highest BCUT2D eigenvalue weighted by molar-refractivity contribution is 5.86. The third-order valence-corrected chi connectivity index (χ3v) is 4.15. The SMILES string of the molecule is O=C(O)C1=CCCC2(C1)Cc1ccccc1C2. The van der Waals surface area contributed by atoms with Crippen molar-refractivity contribution in [2.75, 3.05) is 0 Å². The Morgan fingerprint density at radius 2 is 1.76 bits per heavy atom. The van der Waals surface area contributed by atoms with Gasteiger partial charge < -0.3 is 5.11 Å². The Morgan fingerprint density at radius 3 is 2.35 bits per heavy atom. The predicted octanol–water partition coefficient (Wildman–Crippen LogP) is 2.97. The van der Waals surface area contributed by atoms with Crippen LogP contribution in [0.3, 0.4) is 0 Å². The molecule has 17 heavy (non-hydrogen) atoms. The number of carbonyl (C=O) groups is 1. The molecule has 1 spiro atoms. The molecule has 0 bridgehead atoms. The monoisotopic (exact) mass is 228 g/mol. The molecule has 2 nitrogen and oxygen atoms in total. The molecule has 1 aromatic rings. The Morgan fingerprint density at radius 1 is 1.12 bits per heavy atom. The lowest BCUT2D eigenvalue weighted by Crippen LogP contribution is -2.26. The molecule has 0 saturated heterocycles. The molecule has 0 radical (unpaired) electrons. The molecule has 1 aromatic carbocycles. The smallest absolute Gasteiger partial charge is 0.331 e. The Labute approximate surface area is 101 Å². The molecule has 0 fully saturated rings. The van der Waals surface area contributed by atoms with Crippen LogP contribution in [0.5, 0.6) is 0 Å². The molecule has 1 N–H and O–H groups in total. The van der Waals surface area contributed by atoms with Gasteiger partial charge in [0.2, 0.25) is 0 Å². The molecule has 88 valence electrons. The van der Waals surface area contributed by atoms with E-state index in [1.54, 1.807) is 0 Å². The molecular formula is C15H16O2. The lowest BCUT2D eigenvalue weighted by Gasteiger charge is -2.32. The number of hydrogen-bond donors (Lipinski definition) is 1. The van der Waals surface area contributed by atoms with Crippen molar-refractivity contribution in [3.05, 3.63) is 47.0 Å². The molecule has 2 aliphatic rings.